The maximum Gasteiger partial charge on any atom is 0.107 e. The molecule has 0 aromatic carbocycles. The van der Waals surface area contributed by atoms with Gasteiger partial charge < -0.3 is 10.3 Å². The van der Waals surface area contributed by atoms with E-state index in [9.17, 15) is 0 Å². The van der Waals surface area contributed by atoms with Crippen LogP contribution in [0, 0.1) is 11.3 Å². The molecule has 9 heavy (non-hydrogen) atoms. The van der Waals surface area contributed by atoms with Crippen molar-refractivity contribution < 1.29 is 4.55 Å². The second kappa shape index (κ2) is 4.24. The maximum absolute atomic E-state index is 8.35. The van der Waals surface area contributed by atoms with Crippen molar-refractivity contribution in [3.05, 3.63) is 10.6 Å². The van der Waals surface area contributed by atoms with Gasteiger partial charge in [-0.05, 0) is 6.42 Å². The lowest BCUT2D eigenvalue weighted by molar-refractivity contribution is 0.668. The molecule has 0 unspecified atom stereocenters. The first-order valence-electron chi connectivity index (χ1n) is 2.46. The number of hydrogen-bond donors (Lipinski definition) is 2. The van der Waals surface area contributed by atoms with Gasteiger partial charge in [-0.15, -0.1) is 0 Å². The summed E-state index contributed by atoms with van der Waals surface area (Å²) >= 11 is 0.417. The van der Waals surface area contributed by atoms with E-state index in [2.05, 4.69) is 0 Å². The number of nitriles is 1. The monoisotopic (exact) mass is 144 g/mol. The van der Waals surface area contributed by atoms with Gasteiger partial charge in [0.25, 0.3) is 0 Å². The first-order chi connectivity index (χ1) is 4.26. The molecule has 4 heteroatoms. The summed E-state index contributed by atoms with van der Waals surface area (Å²) in [6.07, 6.45) is 0.565. The van der Waals surface area contributed by atoms with Crippen LogP contribution in [0.3, 0.4) is 0 Å². The van der Waals surface area contributed by atoms with E-state index in [1.165, 1.54) is 0 Å². The minimum atomic E-state index is 0.194. The SMILES string of the molecule is CC/C(C#N)=C(\N)SO. The molecule has 0 saturated heterocycles. The lowest BCUT2D eigenvalue weighted by Crippen LogP contribution is -1.95. The first kappa shape index (κ1) is 8.34. The Bertz CT molecular complexity index is 159. The van der Waals surface area contributed by atoms with Gasteiger partial charge in [0.1, 0.15) is 5.03 Å². The second-order valence-corrected chi connectivity index (χ2v) is 2.02. The third kappa shape index (κ3) is 2.40. The highest BCUT2D eigenvalue weighted by Gasteiger charge is 1.97. The summed E-state index contributed by atoms with van der Waals surface area (Å²) in [5, 5.41) is 8.51. The fourth-order valence-electron chi connectivity index (χ4n) is 0.363. The Balaban J connectivity index is 4.24. The Hall–Kier alpha value is -0.660. The predicted molar refractivity (Wildman–Crippen MR) is 37.3 cm³/mol. The van der Waals surface area contributed by atoms with E-state index in [1.807, 2.05) is 13.0 Å². The average molecular weight is 144 g/mol. The van der Waals surface area contributed by atoms with Gasteiger partial charge in [0, 0.05) is 12.0 Å². The number of hydrogen-bond acceptors (Lipinski definition) is 4. The minimum absolute atomic E-state index is 0.194. The molecule has 50 valence electrons. The van der Waals surface area contributed by atoms with Crippen molar-refractivity contribution in [1.82, 2.24) is 0 Å². The molecular formula is C5H8N2OS. The summed E-state index contributed by atoms with van der Waals surface area (Å²) in [6, 6.07) is 1.88. The average Bonchev–Trinajstić information content (AvgIpc) is 1.90. The van der Waals surface area contributed by atoms with E-state index < -0.39 is 0 Å². The highest BCUT2D eigenvalue weighted by Crippen LogP contribution is 2.11. The third-order valence-electron chi connectivity index (χ3n) is 0.884. The van der Waals surface area contributed by atoms with Crippen LogP contribution >= 0.6 is 12.0 Å². The van der Waals surface area contributed by atoms with Gasteiger partial charge in [-0.25, -0.2) is 0 Å². The molecule has 0 heterocycles. The molecule has 0 aliphatic heterocycles. The predicted octanol–water partition coefficient (Wildman–Crippen LogP) is 1.30. The largest absolute Gasteiger partial charge is 0.391 e. The summed E-state index contributed by atoms with van der Waals surface area (Å²) < 4.78 is 8.35. The zero-order valence-corrected chi connectivity index (χ0v) is 5.90. The summed E-state index contributed by atoms with van der Waals surface area (Å²) in [4.78, 5) is 0. The fraction of sp³-hybridized carbons (Fsp3) is 0.400. The lowest BCUT2D eigenvalue weighted by atomic mass is 10.2. The molecule has 0 aromatic heterocycles. The number of rotatable bonds is 2. The number of nitrogens with zero attached hydrogens (tertiary/aromatic N) is 1. The van der Waals surface area contributed by atoms with Gasteiger partial charge in [0.05, 0.1) is 11.6 Å². The normalized spacial score (nSPS) is 12.1. The van der Waals surface area contributed by atoms with Crippen molar-refractivity contribution in [3.63, 3.8) is 0 Å². The van der Waals surface area contributed by atoms with Crippen LogP contribution in [-0.4, -0.2) is 4.55 Å². The molecule has 3 N–H and O–H groups in total. The number of nitrogens with two attached hydrogens (primary N) is 1. The minimum Gasteiger partial charge on any atom is -0.391 e. The Morgan fingerprint density at radius 2 is 2.44 bits per heavy atom. The van der Waals surface area contributed by atoms with Crippen molar-refractivity contribution in [3.8, 4) is 6.07 Å². The van der Waals surface area contributed by atoms with Crippen LogP contribution in [0.4, 0.5) is 0 Å². The lowest BCUT2D eigenvalue weighted by Gasteiger charge is -1.94. The molecule has 0 aliphatic rings. The Morgan fingerprint density at radius 3 is 2.56 bits per heavy atom. The third-order valence-corrected chi connectivity index (χ3v) is 1.33. The van der Waals surface area contributed by atoms with Gasteiger partial charge in [-0.3, -0.25) is 0 Å². The van der Waals surface area contributed by atoms with E-state index in [4.69, 9.17) is 15.5 Å². The van der Waals surface area contributed by atoms with Crippen LogP contribution in [0.1, 0.15) is 13.3 Å². The summed E-state index contributed by atoms with van der Waals surface area (Å²) in [6.45, 7) is 1.81. The zero-order chi connectivity index (χ0) is 7.28. The van der Waals surface area contributed by atoms with E-state index >= 15 is 0 Å². The molecule has 0 aliphatic carbocycles. The van der Waals surface area contributed by atoms with Gasteiger partial charge in [0.2, 0.25) is 0 Å². The molecule has 0 fully saturated rings. The summed E-state index contributed by atoms with van der Waals surface area (Å²) in [5.74, 6) is 0. The van der Waals surface area contributed by atoms with Crippen LogP contribution in [0.5, 0.6) is 0 Å². The smallest absolute Gasteiger partial charge is 0.107 e. The van der Waals surface area contributed by atoms with Crippen molar-refractivity contribution in [1.29, 1.82) is 5.26 Å². The van der Waals surface area contributed by atoms with Gasteiger partial charge in [-0.1, -0.05) is 6.92 Å². The first-order valence-corrected chi connectivity index (χ1v) is 3.23. The maximum atomic E-state index is 8.35. The van der Waals surface area contributed by atoms with Crippen LogP contribution in [0.2, 0.25) is 0 Å². The molecule has 0 spiro atoms. The number of allylic oxidation sites excluding steroid dienone is 1. The van der Waals surface area contributed by atoms with Crippen LogP contribution in [0.25, 0.3) is 0 Å². The van der Waals surface area contributed by atoms with Crippen LogP contribution in [0.15, 0.2) is 10.6 Å². The van der Waals surface area contributed by atoms with E-state index in [-0.39, 0.29) is 5.03 Å². The Kier molecular flexibility index (Phi) is 3.93. The molecule has 0 radical (unpaired) electrons. The standard InChI is InChI=1S/C5H8N2OS/c1-2-4(3-6)5(7)9-8/h8H,2,7H2,1H3/b5-4-. The van der Waals surface area contributed by atoms with E-state index in [1.54, 1.807) is 0 Å². The molecule has 0 atom stereocenters. The topological polar surface area (TPSA) is 70.0 Å². The van der Waals surface area contributed by atoms with Gasteiger partial charge in [0.15, 0.2) is 0 Å². The molecular weight excluding hydrogens is 136 g/mol. The van der Waals surface area contributed by atoms with E-state index in [0.717, 1.165) is 0 Å². The van der Waals surface area contributed by atoms with E-state index in [0.29, 0.717) is 24.0 Å². The molecule has 0 amide bonds. The Labute approximate surface area is 58.4 Å². The summed E-state index contributed by atoms with van der Waals surface area (Å²) in [5.41, 5.74) is 5.64. The molecule has 0 bridgehead atoms. The Morgan fingerprint density at radius 1 is 1.89 bits per heavy atom. The molecule has 0 rings (SSSR count). The molecule has 0 aromatic rings. The second-order valence-electron chi connectivity index (χ2n) is 1.40. The van der Waals surface area contributed by atoms with Crippen molar-refractivity contribution in [2.75, 3.05) is 0 Å². The highest BCUT2D eigenvalue weighted by molar-refractivity contribution is 7.97. The van der Waals surface area contributed by atoms with Crippen molar-refractivity contribution in [2.45, 2.75) is 13.3 Å². The molecule has 0 saturated carbocycles. The highest BCUT2D eigenvalue weighted by atomic mass is 32.2. The zero-order valence-electron chi connectivity index (χ0n) is 5.09. The molecule has 3 nitrogen and oxygen atoms in total. The van der Waals surface area contributed by atoms with Crippen LogP contribution in [-0.2, 0) is 0 Å². The van der Waals surface area contributed by atoms with Crippen molar-refractivity contribution >= 4 is 12.0 Å². The van der Waals surface area contributed by atoms with Gasteiger partial charge in [-0.2, -0.15) is 5.26 Å². The van der Waals surface area contributed by atoms with Gasteiger partial charge >= 0.3 is 0 Å². The van der Waals surface area contributed by atoms with Crippen molar-refractivity contribution in [2.24, 2.45) is 5.73 Å². The summed E-state index contributed by atoms with van der Waals surface area (Å²) in [7, 11) is 0. The quantitative estimate of drug-likeness (QED) is 0.452. The van der Waals surface area contributed by atoms with Crippen LogP contribution < -0.4 is 5.73 Å². The fourth-order valence-corrected chi connectivity index (χ4v) is 0.664.